The van der Waals surface area contributed by atoms with Crippen LogP contribution in [0.15, 0.2) is 24.4 Å². The Bertz CT molecular complexity index is 655. The van der Waals surface area contributed by atoms with Crippen molar-refractivity contribution >= 4 is 28.6 Å². The highest BCUT2D eigenvalue weighted by molar-refractivity contribution is 7.80. The zero-order valence-corrected chi connectivity index (χ0v) is 13.1. The number of aryl methyl sites for hydroxylation is 2. The summed E-state index contributed by atoms with van der Waals surface area (Å²) >= 11 is 5.11. The molecule has 0 radical (unpaired) electrons. The third kappa shape index (κ3) is 3.66. The van der Waals surface area contributed by atoms with Crippen LogP contribution in [0.1, 0.15) is 23.9 Å². The predicted molar refractivity (Wildman–Crippen MR) is 88.3 cm³/mol. The number of pyridine rings is 2. The summed E-state index contributed by atoms with van der Waals surface area (Å²) in [6.07, 6.45) is 1.71. The summed E-state index contributed by atoms with van der Waals surface area (Å²) in [5.41, 5.74) is 9.93. The maximum absolute atomic E-state index is 5.80. The Morgan fingerprint density at radius 1 is 1.38 bits per heavy atom. The molecule has 0 aliphatic carbocycles. The van der Waals surface area contributed by atoms with Gasteiger partial charge >= 0.3 is 0 Å². The maximum Gasteiger partial charge on any atom is 0.213 e. The average Bonchev–Trinajstić information content (AvgIpc) is 2.40. The van der Waals surface area contributed by atoms with E-state index < -0.39 is 0 Å². The molecule has 0 saturated heterocycles. The summed E-state index contributed by atoms with van der Waals surface area (Å²) in [7, 11) is 0. The van der Waals surface area contributed by atoms with Gasteiger partial charge in [-0.05, 0) is 32.9 Å². The molecule has 2 aromatic heterocycles. The number of hydrogen-bond acceptors (Lipinski definition) is 5. The lowest BCUT2D eigenvalue weighted by Crippen LogP contribution is -2.15. The van der Waals surface area contributed by atoms with Gasteiger partial charge in [-0.2, -0.15) is 0 Å². The second-order valence-corrected chi connectivity index (χ2v) is 5.02. The van der Waals surface area contributed by atoms with E-state index in [4.69, 9.17) is 22.7 Å². The highest BCUT2D eigenvalue weighted by Crippen LogP contribution is 2.24. The number of ether oxygens (including phenoxy) is 1. The Balaban J connectivity index is 2.32. The number of rotatable bonds is 5. The van der Waals surface area contributed by atoms with Crippen LogP contribution in [0.5, 0.6) is 5.88 Å². The van der Waals surface area contributed by atoms with Gasteiger partial charge in [-0.25, -0.2) is 4.98 Å². The van der Waals surface area contributed by atoms with Crippen LogP contribution in [0, 0.1) is 13.8 Å². The number of hydrogen-bond donors (Lipinski definition) is 2. The van der Waals surface area contributed by atoms with Crippen LogP contribution in [0.4, 0.5) is 11.4 Å². The van der Waals surface area contributed by atoms with Crippen LogP contribution >= 0.6 is 12.2 Å². The Morgan fingerprint density at radius 3 is 2.71 bits per heavy atom. The summed E-state index contributed by atoms with van der Waals surface area (Å²) < 4.78 is 5.32. The minimum Gasteiger partial charge on any atom is -0.478 e. The van der Waals surface area contributed by atoms with E-state index in [1.165, 1.54) is 0 Å². The van der Waals surface area contributed by atoms with Crippen molar-refractivity contribution in [1.82, 2.24) is 9.97 Å². The van der Waals surface area contributed by atoms with Gasteiger partial charge in [0, 0.05) is 17.5 Å². The molecule has 3 N–H and O–H groups in total. The summed E-state index contributed by atoms with van der Waals surface area (Å²) in [6.45, 7) is 6.33. The molecule has 21 heavy (non-hydrogen) atoms. The molecule has 0 spiro atoms. The number of aromatic nitrogens is 2. The number of nitrogens with two attached hydrogens (primary N) is 1. The van der Waals surface area contributed by atoms with Crippen LogP contribution in [0.3, 0.4) is 0 Å². The van der Waals surface area contributed by atoms with Crippen molar-refractivity contribution < 1.29 is 4.74 Å². The van der Waals surface area contributed by atoms with Gasteiger partial charge in [-0.1, -0.05) is 12.2 Å². The molecule has 110 valence electrons. The summed E-state index contributed by atoms with van der Waals surface area (Å²) in [5.74, 6) is 0.597. The Morgan fingerprint density at radius 2 is 2.14 bits per heavy atom. The highest BCUT2D eigenvalue weighted by atomic mass is 32.1. The molecule has 0 unspecified atom stereocenters. The highest BCUT2D eigenvalue weighted by Gasteiger charge is 2.11. The summed E-state index contributed by atoms with van der Waals surface area (Å²) in [5, 5.41) is 3.28. The van der Waals surface area contributed by atoms with Gasteiger partial charge in [0.2, 0.25) is 5.88 Å². The number of anilines is 2. The fraction of sp³-hybridized carbons (Fsp3) is 0.267. The average molecular weight is 302 g/mol. The van der Waals surface area contributed by atoms with Crippen molar-refractivity contribution in [2.45, 2.75) is 20.8 Å². The Hall–Kier alpha value is -2.21. The molecule has 5 nitrogen and oxygen atoms in total. The zero-order valence-electron chi connectivity index (χ0n) is 12.3. The minimum atomic E-state index is 0.321. The lowest BCUT2D eigenvalue weighted by Gasteiger charge is -2.14. The quantitative estimate of drug-likeness (QED) is 0.827. The first kappa shape index (κ1) is 15.2. The van der Waals surface area contributed by atoms with Crippen molar-refractivity contribution in [2.24, 2.45) is 5.73 Å². The lowest BCUT2D eigenvalue weighted by molar-refractivity contribution is 0.327. The van der Waals surface area contributed by atoms with E-state index in [0.717, 1.165) is 28.3 Å². The topological polar surface area (TPSA) is 73.1 Å². The molecule has 0 aromatic carbocycles. The third-order valence-electron chi connectivity index (χ3n) is 2.88. The molecule has 0 bridgehead atoms. The van der Waals surface area contributed by atoms with E-state index >= 15 is 0 Å². The largest absolute Gasteiger partial charge is 0.478 e. The molecular formula is C15H18N4OS. The Labute approximate surface area is 129 Å². The maximum atomic E-state index is 5.80. The number of thiocarbonyl (C=S) groups is 1. The van der Waals surface area contributed by atoms with Gasteiger partial charge in [0.1, 0.15) is 4.99 Å². The van der Waals surface area contributed by atoms with Gasteiger partial charge in [0.15, 0.2) is 0 Å². The summed E-state index contributed by atoms with van der Waals surface area (Å²) in [6, 6.07) is 5.62. The molecule has 2 rings (SSSR count). The first-order chi connectivity index (χ1) is 10.0. The molecule has 2 heterocycles. The zero-order chi connectivity index (χ0) is 15.4. The van der Waals surface area contributed by atoms with Gasteiger partial charge in [0.25, 0.3) is 0 Å². The SMILES string of the molecule is CCOc1ccc(Nc2cc(C)nc(C)c2C(N)=S)cn1. The molecule has 0 saturated carbocycles. The van der Waals surface area contributed by atoms with E-state index in [0.29, 0.717) is 17.5 Å². The molecule has 0 fully saturated rings. The smallest absolute Gasteiger partial charge is 0.213 e. The molecular weight excluding hydrogens is 284 g/mol. The van der Waals surface area contributed by atoms with Crippen molar-refractivity contribution in [3.05, 3.63) is 41.3 Å². The minimum absolute atomic E-state index is 0.321. The first-order valence-electron chi connectivity index (χ1n) is 6.65. The van der Waals surface area contributed by atoms with E-state index in [9.17, 15) is 0 Å². The van der Waals surface area contributed by atoms with E-state index in [-0.39, 0.29) is 0 Å². The standard InChI is InChI=1S/C15H18N4OS/c1-4-20-13-6-5-11(8-17-13)19-12-7-9(2)18-10(3)14(12)15(16)21/h5-8H,4H2,1-3H3,(H2,16,21)(H,18,19). The van der Waals surface area contributed by atoms with Crippen LogP contribution < -0.4 is 15.8 Å². The van der Waals surface area contributed by atoms with E-state index in [1.807, 2.05) is 39.0 Å². The van der Waals surface area contributed by atoms with Crippen LogP contribution in [-0.2, 0) is 0 Å². The second-order valence-electron chi connectivity index (χ2n) is 4.58. The number of nitrogens with one attached hydrogen (secondary N) is 1. The van der Waals surface area contributed by atoms with E-state index in [2.05, 4.69) is 15.3 Å². The molecule has 2 aromatic rings. The fourth-order valence-electron chi connectivity index (χ4n) is 2.08. The normalized spacial score (nSPS) is 10.2. The molecule has 6 heteroatoms. The number of nitrogens with zero attached hydrogens (tertiary/aromatic N) is 2. The first-order valence-corrected chi connectivity index (χ1v) is 7.06. The molecule has 0 aliphatic heterocycles. The lowest BCUT2D eigenvalue weighted by atomic mass is 10.1. The van der Waals surface area contributed by atoms with Crippen molar-refractivity contribution in [3.8, 4) is 5.88 Å². The van der Waals surface area contributed by atoms with Crippen molar-refractivity contribution in [1.29, 1.82) is 0 Å². The van der Waals surface area contributed by atoms with Crippen LogP contribution in [-0.4, -0.2) is 21.6 Å². The third-order valence-corrected chi connectivity index (χ3v) is 3.09. The molecule has 0 aliphatic rings. The molecule has 0 atom stereocenters. The van der Waals surface area contributed by atoms with Gasteiger partial charge in [-0.3, -0.25) is 4.98 Å². The van der Waals surface area contributed by atoms with E-state index in [1.54, 1.807) is 6.20 Å². The van der Waals surface area contributed by atoms with Gasteiger partial charge in [-0.15, -0.1) is 0 Å². The monoisotopic (exact) mass is 302 g/mol. The van der Waals surface area contributed by atoms with Gasteiger partial charge < -0.3 is 15.8 Å². The second kappa shape index (κ2) is 6.49. The predicted octanol–water partition coefficient (Wildman–Crippen LogP) is 2.87. The van der Waals surface area contributed by atoms with Crippen molar-refractivity contribution in [3.63, 3.8) is 0 Å². The van der Waals surface area contributed by atoms with Crippen LogP contribution in [0.2, 0.25) is 0 Å². The van der Waals surface area contributed by atoms with Crippen LogP contribution in [0.25, 0.3) is 0 Å². The fourth-order valence-corrected chi connectivity index (χ4v) is 2.34. The summed E-state index contributed by atoms with van der Waals surface area (Å²) in [4.78, 5) is 8.93. The van der Waals surface area contributed by atoms with Crippen molar-refractivity contribution in [2.75, 3.05) is 11.9 Å². The Kier molecular flexibility index (Phi) is 4.70. The molecule has 0 amide bonds. The van der Waals surface area contributed by atoms with Gasteiger partial charge in [0.05, 0.1) is 29.7 Å².